The lowest BCUT2D eigenvalue weighted by atomic mass is 10.2. The number of nitrogens with zero attached hydrogens (tertiary/aromatic N) is 1. The average molecular weight is 570 g/mol. The molecule has 13 heteroatoms. The van der Waals surface area contributed by atoms with Crippen LogP contribution in [0.5, 0.6) is 5.75 Å². The molecule has 0 unspecified atom stereocenters. The van der Waals surface area contributed by atoms with Gasteiger partial charge in [0.1, 0.15) is 18.2 Å². The number of hydrazone groups is 1. The Morgan fingerprint density at radius 3 is 2.13 bits per heavy atom. The summed E-state index contributed by atoms with van der Waals surface area (Å²) in [4.78, 5) is 0. The first-order valence-electron chi connectivity index (χ1n) is 7.73. The Bertz CT molecular complexity index is 917. The van der Waals surface area contributed by atoms with Crippen molar-refractivity contribution in [2.75, 3.05) is 0 Å². The number of ether oxygens (including phenoxy) is 1. The van der Waals surface area contributed by atoms with Crippen molar-refractivity contribution >= 4 is 38.1 Å². The molecule has 0 saturated carbocycles. The second-order valence-corrected chi connectivity index (χ2v) is 7.51. The van der Waals surface area contributed by atoms with E-state index in [0.717, 1.165) is 0 Å². The monoisotopic (exact) mass is 568 g/mol. The van der Waals surface area contributed by atoms with Gasteiger partial charge in [-0.05, 0) is 45.8 Å². The van der Waals surface area contributed by atoms with Crippen LogP contribution in [0, 0.1) is 5.82 Å². The molecule has 0 heterocycles. The summed E-state index contributed by atoms with van der Waals surface area (Å²) in [5, 5.41) is 2.83. The van der Waals surface area contributed by atoms with Gasteiger partial charge in [0, 0.05) is 10.0 Å². The largest absolute Gasteiger partial charge is 0.487 e. The number of nitrogens with one attached hydrogen (secondary N) is 1. The minimum Gasteiger partial charge on any atom is -0.487 e. The molecule has 2 aromatic rings. The van der Waals surface area contributed by atoms with Gasteiger partial charge in [-0.3, -0.25) is 0 Å². The van der Waals surface area contributed by atoms with Crippen molar-refractivity contribution in [3.8, 4) is 5.75 Å². The second-order valence-electron chi connectivity index (χ2n) is 5.74. The minimum atomic E-state index is -6.48. The van der Waals surface area contributed by atoms with Crippen LogP contribution in [0.15, 0.2) is 50.4 Å². The maximum absolute atomic E-state index is 13.3. The lowest BCUT2D eigenvalue weighted by Crippen LogP contribution is -2.58. The summed E-state index contributed by atoms with van der Waals surface area (Å²) in [6.07, 6.45) is -5.89. The molecule has 0 amide bonds. The van der Waals surface area contributed by atoms with Crippen LogP contribution in [-0.2, 0) is 6.61 Å². The third kappa shape index (κ3) is 5.62. The summed E-state index contributed by atoms with van der Waals surface area (Å²) in [7, 11) is 0. The molecule has 0 saturated heterocycles. The lowest BCUT2D eigenvalue weighted by Gasteiger charge is -2.27. The number of alkyl halides is 7. The summed E-state index contributed by atoms with van der Waals surface area (Å²) in [5.74, 6) is -6.80. The molecule has 2 aromatic carbocycles. The molecule has 0 bridgehead atoms. The van der Waals surface area contributed by atoms with Crippen molar-refractivity contribution in [2.45, 2.75) is 24.8 Å². The van der Waals surface area contributed by atoms with Gasteiger partial charge in [-0.2, -0.15) is 35.8 Å². The summed E-state index contributed by atoms with van der Waals surface area (Å²) < 4.78 is 108. The third-order valence-corrected chi connectivity index (χ3v) is 4.54. The molecule has 3 nitrogen and oxygen atoms in total. The van der Waals surface area contributed by atoms with Crippen LogP contribution in [0.4, 0.5) is 35.1 Å². The quantitative estimate of drug-likeness (QED) is 0.175. The van der Waals surface area contributed by atoms with E-state index in [9.17, 15) is 35.1 Å². The van der Waals surface area contributed by atoms with Crippen LogP contribution < -0.4 is 10.2 Å². The highest BCUT2D eigenvalue weighted by Gasteiger charge is 2.73. The van der Waals surface area contributed by atoms with Crippen LogP contribution in [-0.4, -0.2) is 24.4 Å². The standard InChI is InChI=1S/C17H10Br2F8N2O/c18-11-5-10(7-28-29-17(26,27)15(21,22)16(23,24)25)14(13(19)6-11)30-8-9-1-3-12(20)4-2-9/h1-7,29H,8H2/b28-7-. The van der Waals surface area contributed by atoms with E-state index in [4.69, 9.17) is 4.74 Å². The van der Waals surface area contributed by atoms with E-state index in [1.54, 1.807) is 0 Å². The maximum Gasteiger partial charge on any atom is 0.462 e. The zero-order valence-electron chi connectivity index (χ0n) is 14.4. The Kier molecular flexibility index (Phi) is 7.38. The summed E-state index contributed by atoms with van der Waals surface area (Å²) in [5.41, 5.74) is 1.05. The van der Waals surface area contributed by atoms with E-state index in [-0.39, 0.29) is 17.9 Å². The van der Waals surface area contributed by atoms with Crippen LogP contribution in [0.25, 0.3) is 0 Å². The van der Waals surface area contributed by atoms with Gasteiger partial charge in [-0.1, -0.05) is 28.1 Å². The number of hydrogen-bond acceptors (Lipinski definition) is 3. The third-order valence-electron chi connectivity index (χ3n) is 3.49. The number of benzene rings is 2. The highest BCUT2D eigenvalue weighted by atomic mass is 79.9. The van der Waals surface area contributed by atoms with Gasteiger partial charge in [0.05, 0.1) is 10.7 Å². The molecule has 0 aliphatic rings. The fourth-order valence-electron chi connectivity index (χ4n) is 2.00. The molecule has 30 heavy (non-hydrogen) atoms. The SMILES string of the molecule is Fc1ccc(COc2c(Br)cc(Br)cc2/C=N\NC(F)(F)C(F)(F)C(F)(F)F)cc1. The predicted octanol–water partition coefficient (Wildman–Crippen LogP) is 6.64. The van der Waals surface area contributed by atoms with Crippen molar-refractivity contribution in [1.29, 1.82) is 0 Å². The molecule has 0 atom stereocenters. The summed E-state index contributed by atoms with van der Waals surface area (Å²) >= 11 is 6.27. The molecule has 0 aliphatic carbocycles. The molecule has 0 fully saturated rings. The Hall–Kier alpha value is -1.89. The Morgan fingerprint density at radius 2 is 1.57 bits per heavy atom. The van der Waals surface area contributed by atoms with Gasteiger partial charge < -0.3 is 4.74 Å². The van der Waals surface area contributed by atoms with Gasteiger partial charge in [0.25, 0.3) is 0 Å². The smallest absolute Gasteiger partial charge is 0.462 e. The average Bonchev–Trinajstić information content (AvgIpc) is 2.61. The van der Waals surface area contributed by atoms with Crippen molar-refractivity contribution in [2.24, 2.45) is 5.10 Å². The minimum absolute atomic E-state index is 0.0268. The molecule has 1 N–H and O–H groups in total. The molecule has 0 aromatic heterocycles. The zero-order chi connectivity index (χ0) is 22.7. The highest BCUT2D eigenvalue weighted by Crippen LogP contribution is 2.45. The van der Waals surface area contributed by atoms with E-state index in [2.05, 4.69) is 37.0 Å². The van der Waals surface area contributed by atoms with Gasteiger partial charge in [-0.15, -0.1) is 0 Å². The van der Waals surface area contributed by atoms with Crippen molar-refractivity contribution in [3.63, 3.8) is 0 Å². The predicted molar refractivity (Wildman–Crippen MR) is 99.3 cm³/mol. The van der Waals surface area contributed by atoms with E-state index in [0.29, 0.717) is 26.1 Å². The highest BCUT2D eigenvalue weighted by molar-refractivity contribution is 9.11. The number of rotatable bonds is 7. The molecule has 0 aliphatic heterocycles. The van der Waals surface area contributed by atoms with Crippen molar-refractivity contribution in [3.05, 3.63) is 62.3 Å². The molecule has 0 radical (unpaired) electrons. The lowest BCUT2D eigenvalue weighted by molar-refractivity contribution is -0.361. The summed E-state index contributed by atoms with van der Waals surface area (Å²) in [6.45, 7) is -0.0862. The molecule has 0 spiro atoms. The van der Waals surface area contributed by atoms with Gasteiger partial charge in [-0.25, -0.2) is 9.82 Å². The Balaban J connectivity index is 2.23. The number of halogens is 10. The van der Waals surface area contributed by atoms with Gasteiger partial charge in [0.2, 0.25) is 0 Å². The normalized spacial score (nSPS) is 13.0. The molecular weight excluding hydrogens is 560 g/mol. The number of hydrogen-bond donors (Lipinski definition) is 1. The van der Waals surface area contributed by atoms with E-state index in [1.165, 1.54) is 36.4 Å². The van der Waals surface area contributed by atoms with Gasteiger partial charge >= 0.3 is 18.1 Å². The maximum atomic E-state index is 13.3. The van der Waals surface area contributed by atoms with Crippen molar-refractivity contribution in [1.82, 2.24) is 5.43 Å². The van der Waals surface area contributed by atoms with Crippen LogP contribution >= 0.6 is 31.9 Å². The van der Waals surface area contributed by atoms with Gasteiger partial charge in [0.15, 0.2) is 0 Å². The van der Waals surface area contributed by atoms with E-state index in [1.807, 2.05) is 0 Å². The molecular formula is C17H10Br2F8N2O. The van der Waals surface area contributed by atoms with Crippen LogP contribution in [0.1, 0.15) is 11.1 Å². The zero-order valence-corrected chi connectivity index (χ0v) is 17.6. The first-order valence-corrected chi connectivity index (χ1v) is 9.32. The van der Waals surface area contributed by atoms with Crippen LogP contribution in [0.3, 0.4) is 0 Å². The fraction of sp³-hybridized carbons (Fsp3) is 0.235. The van der Waals surface area contributed by atoms with E-state index >= 15 is 0 Å². The molecule has 2 rings (SSSR count). The topological polar surface area (TPSA) is 33.6 Å². The first-order chi connectivity index (χ1) is 13.7. The summed E-state index contributed by atoms with van der Waals surface area (Å²) in [6, 6.07) is 2.34. The van der Waals surface area contributed by atoms with Crippen LogP contribution in [0.2, 0.25) is 0 Å². The van der Waals surface area contributed by atoms with E-state index < -0.39 is 24.0 Å². The first kappa shape index (κ1) is 24.4. The second kappa shape index (κ2) is 9.08. The Labute approximate surface area is 181 Å². The molecule has 164 valence electrons. The Morgan fingerprint density at radius 1 is 0.967 bits per heavy atom. The fourth-order valence-corrected chi connectivity index (χ4v) is 3.37. The van der Waals surface area contributed by atoms with Crippen molar-refractivity contribution < 1.29 is 39.9 Å².